The van der Waals surface area contributed by atoms with Gasteiger partial charge in [0.15, 0.2) is 0 Å². The van der Waals surface area contributed by atoms with Crippen molar-refractivity contribution in [1.29, 1.82) is 0 Å². The number of hydrogen-bond donors (Lipinski definition) is 2. The average molecular weight is 179 g/mol. The molecule has 0 aromatic carbocycles. The van der Waals surface area contributed by atoms with E-state index in [2.05, 4.69) is 15.0 Å². The minimum absolute atomic E-state index is 0.0978. The lowest BCUT2D eigenvalue weighted by molar-refractivity contribution is 1.15. The van der Waals surface area contributed by atoms with E-state index >= 15 is 0 Å². The van der Waals surface area contributed by atoms with Crippen molar-refractivity contribution in [2.75, 3.05) is 0 Å². The van der Waals surface area contributed by atoms with E-state index in [0.717, 1.165) is 5.69 Å². The molecule has 0 fully saturated rings. The second kappa shape index (κ2) is 3.89. The van der Waals surface area contributed by atoms with Gasteiger partial charge in [0.05, 0.1) is 11.7 Å². The van der Waals surface area contributed by atoms with Gasteiger partial charge in [-0.15, -0.1) is 0 Å². The molecule has 0 amide bonds. The molecule has 0 saturated carbocycles. The van der Waals surface area contributed by atoms with Crippen LogP contribution >= 0.6 is 0 Å². The van der Waals surface area contributed by atoms with E-state index in [4.69, 9.17) is 0 Å². The smallest absolute Gasteiger partial charge is 0.260 e. The number of hydrogen-bond acceptors (Lipinski definition) is 2. The Kier molecular flexibility index (Phi) is 2.84. The van der Waals surface area contributed by atoms with E-state index in [1.54, 1.807) is 6.07 Å². The normalized spacial score (nSPS) is 9.46. The Morgan fingerprint density at radius 2 is 2.08 bits per heavy atom. The molecule has 2 heterocycles. The molecule has 0 radical (unpaired) electrons. The van der Waals surface area contributed by atoms with Crippen LogP contribution in [-0.2, 0) is 0 Å². The van der Waals surface area contributed by atoms with Crippen LogP contribution in [0, 0.1) is 6.92 Å². The highest BCUT2D eigenvalue weighted by Gasteiger charge is 2.00. The van der Waals surface area contributed by atoms with Crippen LogP contribution in [0.3, 0.4) is 0 Å². The van der Waals surface area contributed by atoms with Crippen molar-refractivity contribution in [3.05, 3.63) is 28.4 Å². The number of H-pyrrole nitrogens is 2. The quantitative estimate of drug-likeness (QED) is 0.645. The van der Waals surface area contributed by atoms with Crippen LogP contribution in [-0.4, -0.2) is 15.0 Å². The van der Waals surface area contributed by atoms with E-state index in [-0.39, 0.29) is 5.56 Å². The predicted molar refractivity (Wildman–Crippen MR) is 52.8 cm³/mol. The van der Waals surface area contributed by atoms with Crippen molar-refractivity contribution in [3.63, 3.8) is 0 Å². The van der Waals surface area contributed by atoms with Crippen LogP contribution in [0.1, 0.15) is 19.5 Å². The Morgan fingerprint density at radius 3 is 2.69 bits per heavy atom. The highest BCUT2D eigenvalue weighted by Crippen LogP contribution is 2.05. The molecule has 4 heteroatoms. The molecule has 0 bridgehead atoms. The summed E-state index contributed by atoms with van der Waals surface area (Å²) in [4.78, 5) is 20.5. The maximum atomic E-state index is 11.1. The number of fused-ring (bicyclic) bond motifs is 1. The average Bonchev–Trinajstić information content (AvgIpc) is 2.51. The summed E-state index contributed by atoms with van der Waals surface area (Å²) in [5.41, 5.74) is 1.50. The first-order valence-electron chi connectivity index (χ1n) is 4.30. The van der Waals surface area contributed by atoms with Crippen molar-refractivity contribution in [1.82, 2.24) is 15.0 Å². The Bertz CT molecular complexity index is 441. The molecule has 0 spiro atoms. The van der Waals surface area contributed by atoms with Gasteiger partial charge in [0.1, 0.15) is 5.65 Å². The molecule has 0 atom stereocenters. The third-order valence-electron chi connectivity index (χ3n) is 1.57. The molecule has 0 aliphatic carbocycles. The van der Waals surface area contributed by atoms with E-state index in [1.807, 2.05) is 20.8 Å². The third kappa shape index (κ3) is 1.77. The van der Waals surface area contributed by atoms with Crippen LogP contribution in [0.5, 0.6) is 0 Å². The van der Waals surface area contributed by atoms with Crippen molar-refractivity contribution in [2.24, 2.45) is 0 Å². The summed E-state index contributed by atoms with van der Waals surface area (Å²) < 4.78 is 0. The van der Waals surface area contributed by atoms with Crippen LogP contribution < -0.4 is 5.56 Å². The molecule has 2 aromatic heterocycles. The Balaban J connectivity index is 0.000000396. The number of nitrogens with zero attached hydrogens (tertiary/aromatic N) is 1. The fraction of sp³-hybridized carbons (Fsp3) is 0.333. The van der Waals surface area contributed by atoms with Crippen molar-refractivity contribution in [2.45, 2.75) is 20.8 Å². The summed E-state index contributed by atoms with van der Waals surface area (Å²) in [5.74, 6) is 0. The van der Waals surface area contributed by atoms with Crippen LogP contribution in [0.4, 0.5) is 0 Å². The largest absolute Gasteiger partial charge is 0.343 e. The lowest BCUT2D eigenvalue weighted by Gasteiger charge is -1.83. The first-order valence-corrected chi connectivity index (χ1v) is 4.30. The topological polar surface area (TPSA) is 61.5 Å². The number of aryl methyl sites for hydroxylation is 1. The fourth-order valence-corrected chi connectivity index (χ4v) is 1.08. The minimum atomic E-state index is -0.0978. The zero-order valence-electron chi connectivity index (χ0n) is 8.01. The van der Waals surface area contributed by atoms with Gasteiger partial charge < -0.3 is 9.97 Å². The molecule has 2 rings (SSSR count). The number of aromatic nitrogens is 3. The van der Waals surface area contributed by atoms with Crippen molar-refractivity contribution >= 4 is 11.0 Å². The zero-order valence-corrected chi connectivity index (χ0v) is 8.01. The fourth-order valence-electron chi connectivity index (χ4n) is 1.08. The molecule has 2 aromatic rings. The van der Waals surface area contributed by atoms with Crippen LogP contribution in [0.25, 0.3) is 11.0 Å². The van der Waals surface area contributed by atoms with Gasteiger partial charge in [0.2, 0.25) is 0 Å². The Labute approximate surface area is 76.0 Å². The van der Waals surface area contributed by atoms with Gasteiger partial charge in [0, 0.05) is 5.69 Å². The molecule has 0 aliphatic heterocycles. The number of aromatic amines is 2. The lowest BCUT2D eigenvalue weighted by atomic mass is 10.4. The monoisotopic (exact) mass is 179 g/mol. The Hall–Kier alpha value is -1.58. The highest BCUT2D eigenvalue weighted by molar-refractivity contribution is 5.74. The molecule has 2 N–H and O–H groups in total. The summed E-state index contributed by atoms with van der Waals surface area (Å²) in [6.45, 7) is 5.89. The highest BCUT2D eigenvalue weighted by atomic mass is 16.1. The Morgan fingerprint density at radius 1 is 1.38 bits per heavy atom. The summed E-state index contributed by atoms with van der Waals surface area (Å²) in [7, 11) is 0. The molecule has 0 saturated heterocycles. The van der Waals surface area contributed by atoms with Gasteiger partial charge >= 0.3 is 0 Å². The van der Waals surface area contributed by atoms with Crippen molar-refractivity contribution in [3.8, 4) is 0 Å². The summed E-state index contributed by atoms with van der Waals surface area (Å²) in [6, 6.07) is 1.78. The van der Waals surface area contributed by atoms with Gasteiger partial charge in [-0.25, -0.2) is 4.98 Å². The SMILES string of the molecule is CC.Cc1cc2c(=O)[nH]cnc2[nH]1. The van der Waals surface area contributed by atoms with Crippen LogP contribution in [0.2, 0.25) is 0 Å². The van der Waals surface area contributed by atoms with Gasteiger partial charge in [-0.3, -0.25) is 4.79 Å². The summed E-state index contributed by atoms with van der Waals surface area (Å²) in [5, 5.41) is 0.616. The molecule has 13 heavy (non-hydrogen) atoms. The number of rotatable bonds is 0. The molecular formula is C9H13N3O. The maximum Gasteiger partial charge on any atom is 0.260 e. The molecule has 0 aliphatic rings. The van der Waals surface area contributed by atoms with Gasteiger partial charge in [-0.05, 0) is 13.0 Å². The van der Waals surface area contributed by atoms with E-state index in [1.165, 1.54) is 6.33 Å². The molecule has 70 valence electrons. The van der Waals surface area contributed by atoms with Gasteiger partial charge in [-0.1, -0.05) is 13.8 Å². The second-order valence-electron chi connectivity index (χ2n) is 2.45. The van der Waals surface area contributed by atoms with E-state index < -0.39 is 0 Å². The minimum Gasteiger partial charge on any atom is -0.343 e. The lowest BCUT2D eigenvalue weighted by Crippen LogP contribution is -2.04. The van der Waals surface area contributed by atoms with Gasteiger partial charge in [0.25, 0.3) is 5.56 Å². The third-order valence-corrected chi connectivity index (χ3v) is 1.57. The van der Waals surface area contributed by atoms with Crippen LogP contribution in [0.15, 0.2) is 17.2 Å². The standard InChI is InChI=1S/C7H7N3O.C2H6/c1-4-2-5-6(10-4)8-3-9-7(5)11;1-2/h2-3H,1H3,(H2,8,9,10,11);1-2H3. The second-order valence-corrected chi connectivity index (χ2v) is 2.45. The maximum absolute atomic E-state index is 11.1. The molecular weight excluding hydrogens is 166 g/mol. The first kappa shape index (κ1) is 9.51. The van der Waals surface area contributed by atoms with E-state index in [0.29, 0.717) is 11.0 Å². The molecule has 0 unspecified atom stereocenters. The predicted octanol–water partition coefficient (Wildman–Crippen LogP) is 1.59. The van der Waals surface area contributed by atoms with Crippen molar-refractivity contribution < 1.29 is 0 Å². The summed E-state index contributed by atoms with van der Waals surface area (Å²) >= 11 is 0. The zero-order chi connectivity index (χ0) is 9.84. The molecule has 4 nitrogen and oxygen atoms in total. The van der Waals surface area contributed by atoms with E-state index in [9.17, 15) is 4.79 Å². The number of nitrogens with one attached hydrogen (secondary N) is 2. The summed E-state index contributed by atoms with van der Waals surface area (Å²) in [6.07, 6.45) is 1.39. The first-order chi connectivity index (χ1) is 6.27. The van der Waals surface area contributed by atoms with Gasteiger partial charge in [-0.2, -0.15) is 0 Å².